The third-order valence-electron chi connectivity index (χ3n) is 3.48. The summed E-state index contributed by atoms with van der Waals surface area (Å²) in [4.78, 5) is 6.74. The number of nitrogens with zero attached hydrogens (tertiary/aromatic N) is 2. The van der Waals surface area contributed by atoms with Crippen molar-refractivity contribution in [3.63, 3.8) is 0 Å². The largest absolute Gasteiger partial charge is 0.356 e. The Bertz CT molecular complexity index is 420. The van der Waals surface area contributed by atoms with Crippen molar-refractivity contribution in [3.8, 4) is 0 Å². The first kappa shape index (κ1) is 17.2. The lowest BCUT2D eigenvalue weighted by Gasteiger charge is -2.32. The molecule has 0 aromatic carbocycles. The van der Waals surface area contributed by atoms with E-state index in [1.165, 1.54) is 6.26 Å². The zero-order valence-corrected chi connectivity index (χ0v) is 13.8. The molecule has 1 aliphatic rings. The molecule has 1 heterocycles. The van der Waals surface area contributed by atoms with E-state index < -0.39 is 10.0 Å². The highest BCUT2D eigenvalue weighted by Gasteiger charge is 2.21. The summed E-state index contributed by atoms with van der Waals surface area (Å²) in [7, 11) is -3.12. The highest BCUT2D eigenvalue weighted by atomic mass is 32.2. The van der Waals surface area contributed by atoms with Gasteiger partial charge in [-0.2, -0.15) is 0 Å². The smallest absolute Gasteiger partial charge is 0.208 e. The molecule has 0 bridgehead atoms. The number of guanidine groups is 1. The number of nitrogens with one attached hydrogen (secondary N) is 2. The van der Waals surface area contributed by atoms with E-state index in [1.54, 1.807) is 0 Å². The average Bonchev–Trinajstić information content (AvgIpc) is 2.36. The maximum Gasteiger partial charge on any atom is 0.208 e. The van der Waals surface area contributed by atoms with Crippen LogP contribution in [0, 0.1) is 11.8 Å². The number of rotatable bonds is 7. The van der Waals surface area contributed by atoms with E-state index >= 15 is 0 Å². The molecule has 1 aliphatic heterocycles. The van der Waals surface area contributed by atoms with Crippen LogP contribution in [-0.4, -0.2) is 58.3 Å². The van der Waals surface area contributed by atoms with Crippen molar-refractivity contribution in [3.05, 3.63) is 0 Å². The molecule has 1 atom stereocenters. The van der Waals surface area contributed by atoms with Crippen molar-refractivity contribution < 1.29 is 8.42 Å². The topological polar surface area (TPSA) is 73.8 Å². The van der Waals surface area contributed by atoms with Gasteiger partial charge in [-0.3, -0.25) is 4.99 Å². The minimum Gasteiger partial charge on any atom is -0.356 e. The van der Waals surface area contributed by atoms with Crippen molar-refractivity contribution in [2.24, 2.45) is 16.8 Å². The molecule has 0 amide bonds. The second kappa shape index (κ2) is 7.83. The van der Waals surface area contributed by atoms with Crippen LogP contribution in [0.1, 0.15) is 27.2 Å². The van der Waals surface area contributed by atoms with Gasteiger partial charge >= 0.3 is 0 Å². The van der Waals surface area contributed by atoms with Crippen LogP contribution in [0.2, 0.25) is 0 Å². The molecule has 0 aromatic rings. The fraction of sp³-hybridized carbons (Fsp3) is 0.923. The van der Waals surface area contributed by atoms with E-state index in [-0.39, 0.29) is 0 Å². The van der Waals surface area contributed by atoms with Gasteiger partial charge in [0.25, 0.3) is 0 Å². The van der Waals surface area contributed by atoms with Crippen LogP contribution in [0.5, 0.6) is 0 Å². The molecule has 0 fully saturated rings. The van der Waals surface area contributed by atoms with Gasteiger partial charge in [0.1, 0.15) is 0 Å². The molecule has 0 saturated carbocycles. The normalized spacial score (nSPS) is 19.6. The lowest BCUT2D eigenvalue weighted by Crippen LogP contribution is -2.49. The summed E-state index contributed by atoms with van der Waals surface area (Å²) in [5.41, 5.74) is 0. The molecule has 6 nitrogen and oxygen atoms in total. The van der Waals surface area contributed by atoms with E-state index in [0.717, 1.165) is 32.0 Å². The van der Waals surface area contributed by atoms with Gasteiger partial charge in [0.05, 0.1) is 6.26 Å². The van der Waals surface area contributed by atoms with Gasteiger partial charge in [0.2, 0.25) is 10.0 Å². The summed E-state index contributed by atoms with van der Waals surface area (Å²) < 4.78 is 24.7. The van der Waals surface area contributed by atoms with Gasteiger partial charge < -0.3 is 10.2 Å². The van der Waals surface area contributed by atoms with Crippen LogP contribution in [0.25, 0.3) is 0 Å². The number of hydrogen-bond acceptors (Lipinski definition) is 5. The Labute approximate surface area is 123 Å². The van der Waals surface area contributed by atoms with E-state index in [4.69, 9.17) is 0 Å². The minimum atomic E-state index is -3.12. The van der Waals surface area contributed by atoms with E-state index in [1.807, 2.05) is 0 Å². The minimum absolute atomic E-state index is 0.410. The standard InChI is InChI=1S/C13H28N4O2S/c1-5-7-17(8-6-16-20(4,18)19)13-14-9-12(10-15-13)11(2)3/h11-12,16H,5-10H2,1-4H3,(H,14,15). The summed E-state index contributed by atoms with van der Waals surface area (Å²) in [6.45, 7) is 10.3. The zero-order valence-electron chi connectivity index (χ0n) is 13.0. The third-order valence-corrected chi connectivity index (χ3v) is 4.21. The van der Waals surface area contributed by atoms with Crippen molar-refractivity contribution in [1.29, 1.82) is 0 Å². The van der Waals surface area contributed by atoms with Gasteiger partial charge in [-0.15, -0.1) is 0 Å². The monoisotopic (exact) mass is 304 g/mol. The predicted molar refractivity (Wildman–Crippen MR) is 83.3 cm³/mol. The predicted octanol–water partition coefficient (Wildman–Crippen LogP) is 0.479. The zero-order chi connectivity index (χ0) is 15.2. The van der Waals surface area contributed by atoms with Gasteiger partial charge in [-0.05, 0) is 18.3 Å². The quantitative estimate of drug-likeness (QED) is 0.717. The van der Waals surface area contributed by atoms with Gasteiger partial charge in [0, 0.05) is 32.7 Å². The SMILES string of the molecule is CCCN(CCNS(C)(=O)=O)C1=NCC(C(C)C)CN1. The van der Waals surface area contributed by atoms with Gasteiger partial charge in [-0.1, -0.05) is 20.8 Å². The summed E-state index contributed by atoms with van der Waals surface area (Å²) >= 11 is 0. The maximum atomic E-state index is 11.1. The molecule has 1 rings (SSSR count). The molecule has 0 aromatic heterocycles. The highest BCUT2D eigenvalue weighted by Crippen LogP contribution is 2.13. The van der Waals surface area contributed by atoms with Crippen LogP contribution in [-0.2, 0) is 10.0 Å². The number of hydrogen-bond donors (Lipinski definition) is 2. The van der Waals surface area contributed by atoms with Crippen LogP contribution < -0.4 is 10.0 Å². The van der Waals surface area contributed by atoms with Crippen LogP contribution in [0.4, 0.5) is 0 Å². The Kier molecular flexibility index (Phi) is 6.75. The molecule has 118 valence electrons. The Morgan fingerprint density at radius 1 is 1.45 bits per heavy atom. The maximum absolute atomic E-state index is 11.1. The molecule has 1 unspecified atom stereocenters. The summed E-state index contributed by atoms with van der Waals surface area (Å²) in [6.07, 6.45) is 2.19. The van der Waals surface area contributed by atoms with Crippen molar-refractivity contribution in [1.82, 2.24) is 14.9 Å². The second-order valence-electron chi connectivity index (χ2n) is 5.70. The van der Waals surface area contributed by atoms with Gasteiger partial charge in [0.15, 0.2) is 5.96 Å². The van der Waals surface area contributed by atoms with Crippen molar-refractivity contribution >= 4 is 16.0 Å². The summed E-state index contributed by atoms with van der Waals surface area (Å²) in [6, 6.07) is 0. The summed E-state index contributed by atoms with van der Waals surface area (Å²) in [5.74, 6) is 2.11. The molecule has 0 saturated heterocycles. The first-order valence-corrected chi connectivity index (χ1v) is 9.20. The van der Waals surface area contributed by atoms with Crippen molar-refractivity contribution in [2.45, 2.75) is 27.2 Å². The van der Waals surface area contributed by atoms with Crippen LogP contribution >= 0.6 is 0 Å². The Morgan fingerprint density at radius 2 is 2.15 bits per heavy atom. The molecule has 2 N–H and O–H groups in total. The Morgan fingerprint density at radius 3 is 2.60 bits per heavy atom. The lowest BCUT2D eigenvalue weighted by molar-refractivity contribution is 0.343. The highest BCUT2D eigenvalue weighted by molar-refractivity contribution is 7.88. The molecular weight excluding hydrogens is 276 g/mol. The molecule has 7 heteroatoms. The molecule has 0 spiro atoms. The van der Waals surface area contributed by atoms with Gasteiger partial charge in [-0.25, -0.2) is 13.1 Å². The van der Waals surface area contributed by atoms with E-state index in [9.17, 15) is 8.42 Å². The molecule has 0 aliphatic carbocycles. The molecular formula is C13H28N4O2S. The number of aliphatic imine (C=N–C) groups is 1. The first-order valence-electron chi connectivity index (χ1n) is 7.31. The second-order valence-corrected chi connectivity index (χ2v) is 7.54. The lowest BCUT2D eigenvalue weighted by atomic mass is 9.95. The van der Waals surface area contributed by atoms with E-state index in [2.05, 4.69) is 40.7 Å². The Hall–Kier alpha value is -0.820. The van der Waals surface area contributed by atoms with Crippen LogP contribution in [0.15, 0.2) is 4.99 Å². The fourth-order valence-electron chi connectivity index (χ4n) is 2.16. The third kappa shape index (κ3) is 6.09. The van der Waals surface area contributed by atoms with Crippen LogP contribution in [0.3, 0.4) is 0 Å². The van der Waals surface area contributed by atoms with Crippen molar-refractivity contribution in [2.75, 3.05) is 39.0 Å². The van der Waals surface area contributed by atoms with E-state index in [0.29, 0.717) is 24.9 Å². The molecule has 0 radical (unpaired) electrons. The average molecular weight is 304 g/mol. The fourth-order valence-corrected chi connectivity index (χ4v) is 2.63. The summed E-state index contributed by atoms with van der Waals surface area (Å²) in [5, 5.41) is 3.38. The Balaban J connectivity index is 2.54. The number of sulfonamides is 1. The molecule has 20 heavy (non-hydrogen) atoms. The first-order chi connectivity index (χ1) is 9.33.